The predicted octanol–water partition coefficient (Wildman–Crippen LogP) is 1.49. The Morgan fingerprint density at radius 1 is 1.36 bits per heavy atom. The van der Waals surface area contributed by atoms with Crippen molar-refractivity contribution in [3.05, 3.63) is 47.0 Å². The Balaban J connectivity index is 1.54. The van der Waals surface area contributed by atoms with Gasteiger partial charge in [0.15, 0.2) is 17.0 Å². The molecular formula is C23H23ClN6O3. The molecule has 2 aromatic heterocycles. The molecule has 10 heteroatoms. The monoisotopic (exact) mass is 466 g/mol. The number of hydrogen-bond acceptors (Lipinski definition) is 7. The van der Waals surface area contributed by atoms with Crippen LogP contribution in [0.1, 0.15) is 30.8 Å². The molecule has 0 radical (unpaired) electrons. The van der Waals surface area contributed by atoms with E-state index in [9.17, 15) is 15.0 Å². The molecule has 2 aliphatic carbocycles. The van der Waals surface area contributed by atoms with Gasteiger partial charge in [-0.2, -0.15) is 0 Å². The maximum absolute atomic E-state index is 12.5. The van der Waals surface area contributed by atoms with Crippen LogP contribution in [0, 0.1) is 23.2 Å². The lowest BCUT2D eigenvalue weighted by Crippen LogP contribution is -2.41. The van der Waals surface area contributed by atoms with Gasteiger partial charge in [-0.1, -0.05) is 29.7 Å². The second kappa shape index (κ2) is 7.99. The molecule has 3 aromatic rings. The fourth-order valence-electron chi connectivity index (χ4n) is 5.04. The summed E-state index contributed by atoms with van der Waals surface area (Å²) in [6, 6.07) is 6.95. The number of nitrogens with zero attached hydrogens (tertiary/aromatic N) is 4. The molecule has 1 unspecified atom stereocenters. The molecule has 170 valence electrons. The third-order valence-electron chi connectivity index (χ3n) is 6.65. The molecule has 2 fully saturated rings. The number of aromatic nitrogens is 4. The van der Waals surface area contributed by atoms with Gasteiger partial charge in [-0.25, -0.2) is 15.0 Å². The average molecular weight is 467 g/mol. The first-order chi connectivity index (χ1) is 15.9. The fraction of sp³-hybridized carbons (Fsp3) is 0.391. The molecule has 5 rings (SSSR count). The first-order valence-corrected chi connectivity index (χ1v) is 11.0. The third-order valence-corrected chi connectivity index (χ3v) is 6.89. The number of anilines is 1. The van der Waals surface area contributed by atoms with E-state index in [2.05, 4.69) is 37.4 Å². The van der Waals surface area contributed by atoms with Crippen molar-refractivity contribution in [1.82, 2.24) is 24.8 Å². The average Bonchev–Trinajstić information content (AvgIpc) is 3.34. The highest BCUT2D eigenvalue weighted by Crippen LogP contribution is 2.67. The maximum Gasteiger partial charge on any atom is 0.229 e. The molecule has 0 bridgehead atoms. The third kappa shape index (κ3) is 3.33. The number of carbonyl (C=O) groups excluding carboxylic acids is 1. The quantitative estimate of drug-likeness (QED) is 0.420. The number of imidazole rings is 1. The van der Waals surface area contributed by atoms with Crippen molar-refractivity contribution in [1.29, 1.82) is 0 Å². The number of carbonyl (C=O) groups is 1. The molecule has 0 spiro atoms. The highest BCUT2D eigenvalue weighted by Gasteiger charge is 2.75. The molecule has 0 aliphatic heterocycles. The van der Waals surface area contributed by atoms with E-state index in [0.717, 1.165) is 5.56 Å². The van der Waals surface area contributed by atoms with Crippen LogP contribution in [0.3, 0.4) is 0 Å². The lowest BCUT2D eigenvalue weighted by Gasteiger charge is -2.23. The molecule has 1 amide bonds. The summed E-state index contributed by atoms with van der Waals surface area (Å²) >= 11 is 6.09. The van der Waals surface area contributed by atoms with Gasteiger partial charge in [0.1, 0.15) is 6.10 Å². The summed E-state index contributed by atoms with van der Waals surface area (Å²) in [4.78, 5) is 26.0. The second-order valence-corrected chi connectivity index (χ2v) is 8.87. The number of aliphatic hydroxyl groups excluding tert-OH is 2. The predicted molar refractivity (Wildman–Crippen MR) is 122 cm³/mol. The van der Waals surface area contributed by atoms with Crippen molar-refractivity contribution in [2.75, 3.05) is 12.4 Å². The molecule has 2 aliphatic rings. The summed E-state index contributed by atoms with van der Waals surface area (Å²) in [6.07, 6.45) is -0.229. The van der Waals surface area contributed by atoms with E-state index in [1.807, 2.05) is 24.3 Å². The summed E-state index contributed by atoms with van der Waals surface area (Å²) in [7, 11) is 1.53. The highest BCUT2D eigenvalue weighted by molar-refractivity contribution is 6.30. The van der Waals surface area contributed by atoms with Crippen LogP contribution in [-0.2, 0) is 11.3 Å². The van der Waals surface area contributed by atoms with Crippen molar-refractivity contribution < 1.29 is 15.0 Å². The number of rotatable bonds is 5. The van der Waals surface area contributed by atoms with Gasteiger partial charge in [-0.15, -0.1) is 0 Å². The van der Waals surface area contributed by atoms with Crippen molar-refractivity contribution in [2.45, 2.75) is 38.1 Å². The van der Waals surface area contributed by atoms with Crippen LogP contribution < -0.4 is 10.6 Å². The maximum atomic E-state index is 12.5. The molecular weight excluding hydrogens is 444 g/mol. The number of halogens is 1. The molecule has 33 heavy (non-hydrogen) atoms. The van der Waals surface area contributed by atoms with Crippen LogP contribution in [0.25, 0.3) is 11.2 Å². The number of aliphatic hydroxyl groups is 2. The molecule has 2 heterocycles. The SMILES string of the molecule is CC#Cc1nc(NCc2cccc(Cl)c2)c2ncn(C3[C@H]4C[C@@]4(C(=O)NC)[C@@H](O)[C@H]3O)c2n1. The molecule has 1 aromatic carbocycles. The Labute approximate surface area is 195 Å². The largest absolute Gasteiger partial charge is 0.389 e. The minimum absolute atomic E-state index is 0.224. The normalized spacial score (nSPS) is 27.5. The summed E-state index contributed by atoms with van der Waals surface area (Å²) < 4.78 is 1.73. The minimum atomic E-state index is -1.16. The van der Waals surface area contributed by atoms with Crippen molar-refractivity contribution in [3.8, 4) is 11.8 Å². The van der Waals surface area contributed by atoms with Crippen LogP contribution in [0.15, 0.2) is 30.6 Å². The van der Waals surface area contributed by atoms with Gasteiger partial charge >= 0.3 is 0 Å². The minimum Gasteiger partial charge on any atom is -0.389 e. The van der Waals surface area contributed by atoms with E-state index in [0.29, 0.717) is 40.8 Å². The van der Waals surface area contributed by atoms with Gasteiger partial charge in [0.05, 0.1) is 23.9 Å². The Morgan fingerprint density at radius 2 is 2.18 bits per heavy atom. The number of nitrogens with one attached hydrogen (secondary N) is 2. The number of amides is 1. The van der Waals surface area contributed by atoms with Crippen LogP contribution in [-0.4, -0.2) is 54.9 Å². The van der Waals surface area contributed by atoms with Gasteiger partial charge in [-0.05, 0) is 37.0 Å². The molecule has 9 nitrogen and oxygen atoms in total. The smallest absolute Gasteiger partial charge is 0.229 e. The zero-order chi connectivity index (χ0) is 23.3. The van der Waals surface area contributed by atoms with Gasteiger partial charge in [0, 0.05) is 24.5 Å². The van der Waals surface area contributed by atoms with Crippen molar-refractivity contribution in [3.63, 3.8) is 0 Å². The van der Waals surface area contributed by atoms with Gasteiger partial charge in [0.2, 0.25) is 11.7 Å². The number of benzene rings is 1. The Kier molecular flexibility index (Phi) is 5.24. The Bertz CT molecular complexity index is 1310. The van der Waals surface area contributed by atoms with E-state index >= 15 is 0 Å². The van der Waals surface area contributed by atoms with Gasteiger partial charge in [0.25, 0.3) is 0 Å². The van der Waals surface area contributed by atoms with Crippen molar-refractivity contribution >= 4 is 34.5 Å². The number of hydrogen-bond donors (Lipinski definition) is 4. The molecule has 0 saturated heterocycles. The standard InChI is InChI=1S/C23H23ClN6O3/c1-3-5-15-28-20(26-10-12-6-4-7-13(24)8-12)16-21(29-15)30(11-27-16)17-14-9-23(14,22(33)25-2)19(32)18(17)31/h4,6-8,11,14,17-19,31-32H,9-10H2,1-2H3,(H,25,33)(H,26,28,29)/t14-,17?,18+,19+,23+/m1/s1. The number of fused-ring (bicyclic) bond motifs is 2. The molecule has 5 atom stereocenters. The van der Waals surface area contributed by atoms with Crippen LogP contribution >= 0.6 is 11.6 Å². The summed E-state index contributed by atoms with van der Waals surface area (Å²) in [5.74, 6) is 6.01. The van der Waals surface area contributed by atoms with Crippen molar-refractivity contribution in [2.24, 2.45) is 11.3 Å². The Morgan fingerprint density at radius 3 is 2.91 bits per heavy atom. The Hall–Kier alpha value is -3.19. The van der Waals surface area contributed by atoms with Gasteiger partial charge < -0.3 is 25.4 Å². The van der Waals surface area contributed by atoms with E-state index in [-0.39, 0.29) is 11.8 Å². The molecule has 2 saturated carbocycles. The summed E-state index contributed by atoms with van der Waals surface area (Å²) in [6.45, 7) is 2.16. The molecule has 4 N–H and O–H groups in total. The lowest BCUT2D eigenvalue weighted by atomic mass is 9.98. The summed E-state index contributed by atoms with van der Waals surface area (Å²) in [5, 5.41) is 28.1. The topological polar surface area (TPSA) is 125 Å². The lowest BCUT2D eigenvalue weighted by molar-refractivity contribution is -0.132. The first kappa shape index (κ1) is 21.6. The van der Waals surface area contributed by atoms with E-state index in [1.165, 1.54) is 7.05 Å². The fourth-order valence-corrected chi connectivity index (χ4v) is 5.26. The summed E-state index contributed by atoms with van der Waals surface area (Å²) in [5.41, 5.74) is 0.979. The van der Waals surface area contributed by atoms with Crippen LogP contribution in [0.2, 0.25) is 5.02 Å². The van der Waals surface area contributed by atoms with Gasteiger partial charge in [-0.3, -0.25) is 4.79 Å². The zero-order valence-electron chi connectivity index (χ0n) is 18.1. The first-order valence-electron chi connectivity index (χ1n) is 10.6. The van der Waals surface area contributed by atoms with Crippen LogP contribution in [0.5, 0.6) is 0 Å². The zero-order valence-corrected chi connectivity index (χ0v) is 18.8. The second-order valence-electron chi connectivity index (χ2n) is 8.43. The highest BCUT2D eigenvalue weighted by atomic mass is 35.5. The van der Waals surface area contributed by atoms with Crippen LogP contribution in [0.4, 0.5) is 5.82 Å². The van der Waals surface area contributed by atoms with E-state index < -0.39 is 23.7 Å². The van der Waals surface area contributed by atoms with E-state index in [1.54, 1.807) is 17.8 Å². The van der Waals surface area contributed by atoms with E-state index in [4.69, 9.17) is 11.6 Å².